The second-order valence-electron chi connectivity index (χ2n) is 8.09. The number of nitrogens with zero attached hydrogens (tertiary/aromatic N) is 2. The SMILES string of the molecule is C[C@@H]1[C@H](C)CCC[C@H]1NC(=O)[C@@H](C)OC(=O)/C(C#N)=C/c1ccc(N(C)C)cc1. The van der Waals surface area contributed by atoms with Gasteiger partial charge in [0.15, 0.2) is 6.10 Å². The maximum Gasteiger partial charge on any atom is 0.349 e. The molecule has 0 radical (unpaired) electrons. The molecule has 1 aliphatic rings. The standard InChI is InChI=1S/C23H31N3O3/c1-15-7-6-8-21(16(15)2)25-22(27)17(3)29-23(28)19(14-24)13-18-9-11-20(12-10-18)26(4)5/h9-13,15-17,21H,6-8H2,1-5H3,(H,25,27)/b19-13+/t15-,16-,17-,21-/m1/s1. The highest BCUT2D eigenvalue weighted by Crippen LogP contribution is 2.29. The fourth-order valence-corrected chi connectivity index (χ4v) is 3.54. The van der Waals surface area contributed by atoms with Gasteiger partial charge >= 0.3 is 5.97 Å². The van der Waals surface area contributed by atoms with E-state index in [4.69, 9.17) is 4.74 Å². The molecule has 1 saturated carbocycles. The monoisotopic (exact) mass is 397 g/mol. The lowest BCUT2D eigenvalue weighted by Gasteiger charge is -2.35. The van der Waals surface area contributed by atoms with Crippen LogP contribution < -0.4 is 10.2 Å². The van der Waals surface area contributed by atoms with Gasteiger partial charge in [-0.25, -0.2) is 4.79 Å². The van der Waals surface area contributed by atoms with Crippen LogP contribution in [0, 0.1) is 23.2 Å². The second-order valence-corrected chi connectivity index (χ2v) is 8.09. The molecule has 0 bridgehead atoms. The van der Waals surface area contributed by atoms with Crippen LogP contribution in [0.15, 0.2) is 29.8 Å². The number of benzene rings is 1. The van der Waals surface area contributed by atoms with E-state index >= 15 is 0 Å². The molecule has 0 heterocycles. The van der Waals surface area contributed by atoms with E-state index < -0.39 is 12.1 Å². The van der Waals surface area contributed by atoms with Crippen molar-refractivity contribution in [3.63, 3.8) is 0 Å². The van der Waals surface area contributed by atoms with E-state index in [1.54, 1.807) is 0 Å². The Morgan fingerprint density at radius 3 is 2.48 bits per heavy atom. The van der Waals surface area contributed by atoms with E-state index in [1.165, 1.54) is 19.4 Å². The topological polar surface area (TPSA) is 82.4 Å². The molecule has 2 rings (SSSR count). The van der Waals surface area contributed by atoms with E-state index in [1.807, 2.05) is 49.3 Å². The highest BCUT2D eigenvalue weighted by atomic mass is 16.5. The molecule has 1 fully saturated rings. The lowest BCUT2D eigenvalue weighted by Crippen LogP contribution is -2.47. The first-order valence-corrected chi connectivity index (χ1v) is 10.1. The Kier molecular flexibility index (Phi) is 7.83. The van der Waals surface area contributed by atoms with Gasteiger partial charge < -0.3 is 15.0 Å². The van der Waals surface area contributed by atoms with Crippen molar-refractivity contribution in [2.45, 2.75) is 52.2 Å². The number of rotatable bonds is 6. The van der Waals surface area contributed by atoms with Crippen molar-refractivity contribution in [2.24, 2.45) is 11.8 Å². The molecule has 0 spiro atoms. The molecule has 156 valence electrons. The third-order valence-corrected chi connectivity index (χ3v) is 5.75. The normalized spacial score (nSPS) is 22.9. The molecule has 4 atom stereocenters. The van der Waals surface area contributed by atoms with E-state index in [9.17, 15) is 14.9 Å². The number of hydrogen-bond acceptors (Lipinski definition) is 5. The number of nitriles is 1. The number of carbonyl (C=O) groups is 2. The highest BCUT2D eigenvalue weighted by Gasteiger charge is 2.30. The molecular formula is C23H31N3O3. The molecule has 0 saturated heterocycles. The molecule has 0 aromatic heterocycles. The third-order valence-electron chi connectivity index (χ3n) is 5.75. The van der Waals surface area contributed by atoms with Gasteiger partial charge in [-0.2, -0.15) is 5.26 Å². The van der Waals surface area contributed by atoms with Crippen LogP contribution in [0.1, 0.15) is 45.6 Å². The Labute approximate surface area is 173 Å². The number of amides is 1. The molecular weight excluding hydrogens is 366 g/mol. The zero-order valence-electron chi connectivity index (χ0n) is 17.9. The predicted molar refractivity (Wildman–Crippen MR) is 114 cm³/mol. The molecule has 29 heavy (non-hydrogen) atoms. The predicted octanol–water partition coefficient (Wildman–Crippen LogP) is 3.53. The summed E-state index contributed by atoms with van der Waals surface area (Å²) in [6, 6.07) is 9.40. The number of anilines is 1. The summed E-state index contributed by atoms with van der Waals surface area (Å²) < 4.78 is 5.25. The van der Waals surface area contributed by atoms with Gasteiger partial charge in [-0.15, -0.1) is 0 Å². The Balaban J connectivity index is 1.99. The Hall–Kier alpha value is -2.81. The van der Waals surface area contributed by atoms with Crippen LogP contribution in [0.4, 0.5) is 5.69 Å². The summed E-state index contributed by atoms with van der Waals surface area (Å²) >= 11 is 0. The Morgan fingerprint density at radius 1 is 1.24 bits per heavy atom. The molecule has 0 unspecified atom stereocenters. The van der Waals surface area contributed by atoms with Crippen LogP contribution in [-0.2, 0) is 14.3 Å². The van der Waals surface area contributed by atoms with Crippen molar-refractivity contribution in [3.8, 4) is 6.07 Å². The molecule has 1 aromatic carbocycles. The Morgan fingerprint density at radius 2 is 1.90 bits per heavy atom. The minimum Gasteiger partial charge on any atom is -0.448 e. The molecule has 1 aromatic rings. The smallest absolute Gasteiger partial charge is 0.349 e. The van der Waals surface area contributed by atoms with Crippen LogP contribution in [0.2, 0.25) is 0 Å². The lowest BCUT2D eigenvalue weighted by atomic mass is 9.78. The zero-order valence-corrected chi connectivity index (χ0v) is 17.9. The molecule has 1 aliphatic carbocycles. The van der Waals surface area contributed by atoms with E-state index in [-0.39, 0.29) is 17.5 Å². The maximum absolute atomic E-state index is 12.5. The van der Waals surface area contributed by atoms with Gasteiger partial charge in [0.05, 0.1) is 0 Å². The summed E-state index contributed by atoms with van der Waals surface area (Å²) in [5.41, 5.74) is 1.59. The zero-order chi connectivity index (χ0) is 21.6. The first kappa shape index (κ1) is 22.5. The van der Waals surface area contributed by atoms with Crippen molar-refractivity contribution in [3.05, 3.63) is 35.4 Å². The molecule has 6 nitrogen and oxygen atoms in total. The van der Waals surface area contributed by atoms with Crippen LogP contribution in [0.25, 0.3) is 6.08 Å². The number of hydrogen-bond donors (Lipinski definition) is 1. The fourth-order valence-electron chi connectivity index (χ4n) is 3.54. The highest BCUT2D eigenvalue weighted by molar-refractivity contribution is 5.99. The quantitative estimate of drug-likeness (QED) is 0.451. The van der Waals surface area contributed by atoms with Crippen molar-refractivity contribution < 1.29 is 14.3 Å². The summed E-state index contributed by atoms with van der Waals surface area (Å²) in [4.78, 5) is 26.8. The van der Waals surface area contributed by atoms with Crippen molar-refractivity contribution in [1.29, 1.82) is 5.26 Å². The minimum absolute atomic E-state index is 0.0913. The van der Waals surface area contributed by atoms with Gasteiger partial charge in [0, 0.05) is 25.8 Å². The number of nitrogens with one attached hydrogen (secondary N) is 1. The first-order chi connectivity index (χ1) is 13.7. The second kappa shape index (κ2) is 10.1. The van der Waals surface area contributed by atoms with E-state index in [0.717, 1.165) is 18.5 Å². The number of esters is 1. The van der Waals surface area contributed by atoms with Crippen molar-refractivity contribution >= 4 is 23.6 Å². The van der Waals surface area contributed by atoms with Gasteiger partial charge in [-0.3, -0.25) is 4.79 Å². The summed E-state index contributed by atoms with van der Waals surface area (Å²) in [7, 11) is 3.87. The van der Waals surface area contributed by atoms with Gasteiger partial charge in [-0.1, -0.05) is 38.8 Å². The third kappa shape index (κ3) is 6.08. The summed E-state index contributed by atoms with van der Waals surface area (Å²) in [6.45, 7) is 5.87. The molecule has 6 heteroatoms. The first-order valence-electron chi connectivity index (χ1n) is 10.1. The van der Waals surface area contributed by atoms with Crippen LogP contribution in [-0.4, -0.2) is 38.1 Å². The van der Waals surface area contributed by atoms with Gasteiger partial charge in [-0.05, 0) is 49.0 Å². The molecule has 1 N–H and O–H groups in total. The van der Waals surface area contributed by atoms with Crippen LogP contribution >= 0.6 is 0 Å². The van der Waals surface area contributed by atoms with Crippen molar-refractivity contribution in [2.75, 3.05) is 19.0 Å². The average Bonchev–Trinajstić information content (AvgIpc) is 2.69. The summed E-state index contributed by atoms with van der Waals surface area (Å²) in [6.07, 6.45) is 3.70. The van der Waals surface area contributed by atoms with Gasteiger partial charge in [0.25, 0.3) is 5.91 Å². The van der Waals surface area contributed by atoms with Crippen LogP contribution in [0.3, 0.4) is 0 Å². The van der Waals surface area contributed by atoms with E-state index in [0.29, 0.717) is 17.4 Å². The Bertz CT molecular complexity index is 793. The molecule has 0 aliphatic heterocycles. The largest absolute Gasteiger partial charge is 0.448 e. The molecule has 1 amide bonds. The fraction of sp³-hybridized carbons (Fsp3) is 0.522. The van der Waals surface area contributed by atoms with Crippen molar-refractivity contribution in [1.82, 2.24) is 5.32 Å². The summed E-state index contributed by atoms with van der Waals surface area (Å²) in [5, 5.41) is 12.4. The van der Waals surface area contributed by atoms with Gasteiger partial charge in [0.2, 0.25) is 0 Å². The maximum atomic E-state index is 12.5. The summed E-state index contributed by atoms with van der Waals surface area (Å²) in [5.74, 6) is -0.178. The average molecular weight is 398 g/mol. The lowest BCUT2D eigenvalue weighted by molar-refractivity contribution is -0.151. The van der Waals surface area contributed by atoms with Crippen LogP contribution in [0.5, 0.6) is 0 Å². The van der Waals surface area contributed by atoms with Gasteiger partial charge in [0.1, 0.15) is 11.6 Å². The number of carbonyl (C=O) groups excluding carboxylic acids is 2. The minimum atomic E-state index is -0.959. The van der Waals surface area contributed by atoms with E-state index in [2.05, 4.69) is 19.2 Å². The number of ether oxygens (including phenoxy) is 1.